The minimum Gasteiger partial charge on any atom is -0.329 e. The lowest BCUT2D eigenvalue weighted by Crippen LogP contribution is -2.34. The van der Waals surface area contributed by atoms with Crippen LogP contribution in [0.15, 0.2) is 17.1 Å². The highest BCUT2D eigenvalue weighted by atomic mass is 15.3. The minimum atomic E-state index is 0.417. The largest absolute Gasteiger partial charge is 0.329 e. The van der Waals surface area contributed by atoms with E-state index in [1.165, 1.54) is 64.2 Å². The van der Waals surface area contributed by atoms with E-state index in [4.69, 9.17) is 5.73 Å². The smallest absolute Gasteiger partial charge is 0.102 e. The Balaban J connectivity index is 1.85. The van der Waals surface area contributed by atoms with Crippen molar-refractivity contribution in [3.63, 3.8) is 0 Å². The summed E-state index contributed by atoms with van der Waals surface area (Å²) in [6.45, 7) is 4.83. The molecule has 1 rings (SSSR count). The van der Waals surface area contributed by atoms with Crippen LogP contribution in [0.1, 0.15) is 71.1 Å². The Kier molecular flexibility index (Phi) is 11.4. The maximum Gasteiger partial charge on any atom is 0.102 e. The van der Waals surface area contributed by atoms with Gasteiger partial charge in [-0.2, -0.15) is 0 Å². The average molecular weight is 293 g/mol. The van der Waals surface area contributed by atoms with Crippen molar-refractivity contribution < 1.29 is 0 Å². The molecule has 0 amide bonds. The third kappa shape index (κ3) is 9.05. The summed E-state index contributed by atoms with van der Waals surface area (Å²) in [5.41, 5.74) is 5.63. The van der Waals surface area contributed by atoms with E-state index in [0.29, 0.717) is 6.17 Å². The maximum absolute atomic E-state index is 5.63. The highest BCUT2D eigenvalue weighted by Gasteiger charge is 2.19. The number of unbranched alkanes of at least 4 members (excludes halogenated alkanes) is 8. The second-order valence-electron chi connectivity index (χ2n) is 6.07. The summed E-state index contributed by atoms with van der Waals surface area (Å²) in [5, 5.41) is 0. The van der Waals surface area contributed by atoms with Crippen molar-refractivity contribution in [2.24, 2.45) is 10.7 Å². The SMILES string of the molecule is C/C=C/CCCCCCCCCCC1N=CCN1CCN. The van der Waals surface area contributed by atoms with Gasteiger partial charge in [0.25, 0.3) is 0 Å². The summed E-state index contributed by atoms with van der Waals surface area (Å²) in [7, 11) is 0. The molecule has 1 aliphatic rings. The van der Waals surface area contributed by atoms with Gasteiger partial charge in [0.1, 0.15) is 6.17 Å². The Morgan fingerprint density at radius 1 is 1.10 bits per heavy atom. The molecular weight excluding hydrogens is 258 g/mol. The minimum absolute atomic E-state index is 0.417. The van der Waals surface area contributed by atoms with E-state index in [1.54, 1.807) is 0 Å². The first kappa shape index (κ1) is 18.4. The number of allylic oxidation sites excluding steroid dienone is 2. The van der Waals surface area contributed by atoms with E-state index in [1.807, 2.05) is 6.21 Å². The fourth-order valence-corrected chi connectivity index (χ4v) is 2.97. The van der Waals surface area contributed by atoms with Gasteiger partial charge in [-0.25, -0.2) is 0 Å². The predicted molar refractivity (Wildman–Crippen MR) is 93.9 cm³/mol. The Morgan fingerprint density at radius 3 is 2.43 bits per heavy atom. The van der Waals surface area contributed by atoms with Crippen molar-refractivity contribution >= 4 is 6.21 Å². The second kappa shape index (κ2) is 13.0. The van der Waals surface area contributed by atoms with E-state index < -0.39 is 0 Å². The molecule has 1 unspecified atom stereocenters. The molecule has 0 saturated carbocycles. The molecule has 1 heterocycles. The molecule has 0 aliphatic carbocycles. The van der Waals surface area contributed by atoms with E-state index >= 15 is 0 Å². The maximum atomic E-state index is 5.63. The molecule has 0 aromatic rings. The van der Waals surface area contributed by atoms with Gasteiger partial charge in [-0.3, -0.25) is 9.89 Å². The van der Waals surface area contributed by atoms with Crippen LogP contribution in [0.4, 0.5) is 0 Å². The van der Waals surface area contributed by atoms with E-state index in [2.05, 4.69) is 29.0 Å². The van der Waals surface area contributed by atoms with Crippen LogP contribution in [0.2, 0.25) is 0 Å². The van der Waals surface area contributed by atoms with Crippen molar-refractivity contribution in [1.82, 2.24) is 4.90 Å². The molecule has 0 bridgehead atoms. The van der Waals surface area contributed by atoms with Gasteiger partial charge >= 0.3 is 0 Å². The number of rotatable bonds is 13. The van der Waals surface area contributed by atoms with E-state index in [9.17, 15) is 0 Å². The molecule has 3 heteroatoms. The Hall–Kier alpha value is -0.670. The van der Waals surface area contributed by atoms with Gasteiger partial charge in [-0.1, -0.05) is 50.7 Å². The topological polar surface area (TPSA) is 41.6 Å². The molecule has 3 nitrogen and oxygen atoms in total. The molecule has 0 radical (unpaired) electrons. The average Bonchev–Trinajstić information content (AvgIpc) is 2.92. The van der Waals surface area contributed by atoms with Gasteiger partial charge in [-0.05, 0) is 32.6 Å². The van der Waals surface area contributed by atoms with Crippen molar-refractivity contribution in [2.75, 3.05) is 19.6 Å². The van der Waals surface area contributed by atoms with Crippen LogP contribution >= 0.6 is 0 Å². The lowest BCUT2D eigenvalue weighted by molar-refractivity contribution is 0.241. The molecule has 0 fully saturated rings. The van der Waals surface area contributed by atoms with Gasteiger partial charge in [0.2, 0.25) is 0 Å². The van der Waals surface area contributed by atoms with Gasteiger partial charge in [0.15, 0.2) is 0 Å². The molecule has 2 N–H and O–H groups in total. The lowest BCUT2D eigenvalue weighted by atomic mass is 10.1. The first-order valence-corrected chi connectivity index (χ1v) is 8.95. The standard InChI is InChI=1S/C18H35N3/c1-2-3-4-5-6-7-8-9-10-11-12-13-18-20-15-17-21(18)16-14-19/h2-3,15,18H,4-14,16-17,19H2,1H3/b3-2+. The van der Waals surface area contributed by atoms with Gasteiger partial charge in [-0.15, -0.1) is 0 Å². The van der Waals surface area contributed by atoms with Crippen LogP contribution in [0.3, 0.4) is 0 Å². The number of hydrogen-bond donors (Lipinski definition) is 1. The number of aliphatic imine (C=N–C) groups is 1. The fraction of sp³-hybridized carbons (Fsp3) is 0.833. The normalized spacial score (nSPS) is 19.0. The Morgan fingerprint density at radius 2 is 1.76 bits per heavy atom. The molecule has 0 aromatic carbocycles. The summed E-state index contributed by atoms with van der Waals surface area (Å²) in [5.74, 6) is 0. The zero-order valence-electron chi connectivity index (χ0n) is 14.0. The van der Waals surface area contributed by atoms with Crippen LogP contribution in [-0.2, 0) is 0 Å². The lowest BCUT2D eigenvalue weighted by Gasteiger charge is -2.21. The van der Waals surface area contributed by atoms with Crippen LogP contribution in [-0.4, -0.2) is 36.9 Å². The van der Waals surface area contributed by atoms with Crippen LogP contribution in [0.5, 0.6) is 0 Å². The number of nitrogens with zero attached hydrogens (tertiary/aromatic N) is 2. The van der Waals surface area contributed by atoms with E-state index in [0.717, 1.165) is 19.6 Å². The summed E-state index contributed by atoms with van der Waals surface area (Å²) in [4.78, 5) is 6.95. The van der Waals surface area contributed by atoms with Gasteiger partial charge < -0.3 is 5.73 Å². The molecule has 1 atom stereocenters. The monoisotopic (exact) mass is 293 g/mol. The van der Waals surface area contributed by atoms with Crippen molar-refractivity contribution in [2.45, 2.75) is 77.3 Å². The van der Waals surface area contributed by atoms with Crippen LogP contribution in [0.25, 0.3) is 0 Å². The summed E-state index contributed by atoms with van der Waals surface area (Å²) in [6.07, 6.45) is 20.4. The summed E-state index contributed by atoms with van der Waals surface area (Å²) >= 11 is 0. The van der Waals surface area contributed by atoms with Gasteiger partial charge in [0.05, 0.1) is 0 Å². The molecule has 0 spiro atoms. The fourth-order valence-electron chi connectivity index (χ4n) is 2.97. The van der Waals surface area contributed by atoms with E-state index in [-0.39, 0.29) is 0 Å². The predicted octanol–water partition coefficient (Wildman–Crippen LogP) is 4.13. The molecule has 21 heavy (non-hydrogen) atoms. The third-order valence-corrected chi connectivity index (χ3v) is 4.25. The Labute approximate surface area is 131 Å². The quantitative estimate of drug-likeness (QED) is 0.410. The van der Waals surface area contributed by atoms with Crippen molar-refractivity contribution in [3.8, 4) is 0 Å². The highest BCUT2D eigenvalue weighted by Crippen LogP contribution is 2.16. The van der Waals surface area contributed by atoms with Crippen LogP contribution < -0.4 is 5.73 Å². The zero-order valence-corrected chi connectivity index (χ0v) is 14.0. The summed E-state index contributed by atoms with van der Waals surface area (Å²) < 4.78 is 0. The zero-order chi connectivity index (χ0) is 15.2. The van der Waals surface area contributed by atoms with Crippen molar-refractivity contribution in [1.29, 1.82) is 0 Å². The van der Waals surface area contributed by atoms with Crippen LogP contribution in [0, 0.1) is 0 Å². The molecular formula is C18H35N3. The molecule has 1 aliphatic heterocycles. The van der Waals surface area contributed by atoms with Crippen molar-refractivity contribution in [3.05, 3.63) is 12.2 Å². The number of hydrogen-bond acceptors (Lipinski definition) is 3. The number of nitrogens with two attached hydrogens (primary N) is 1. The molecule has 0 saturated heterocycles. The molecule has 0 aromatic heterocycles. The first-order valence-electron chi connectivity index (χ1n) is 8.95. The van der Waals surface area contributed by atoms with Gasteiger partial charge in [0, 0.05) is 25.8 Å². The second-order valence-corrected chi connectivity index (χ2v) is 6.07. The highest BCUT2D eigenvalue weighted by molar-refractivity contribution is 5.62. The third-order valence-electron chi connectivity index (χ3n) is 4.25. The Bertz CT molecular complexity index is 286. The first-order chi connectivity index (χ1) is 10.4. The molecule has 122 valence electrons. The summed E-state index contributed by atoms with van der Waals surface area (Å²) in [6, 6.07) is 0.